The Morgan fingerprint density at radius 1 is 1.37 bits per heavy atom. The van der Waals surface area contributed by atoms with E-state index in [1.165, 1.54) is 28.7 Å². The highest BCUT2D eigenvalue weighted by atomic mass is 79.9. The minimum Gasteiger partial charge on any atom is -0.369 e. The summed E-state index contributed by atoms with van der Waals surface area (Å²) in [7, 11) is 4.26. The zero-order valence-electron chi connectivity index (χ0n) is 12.1. The molecule has 19 heavy (non-hydrogen) atoms. The second kappa shape index (κ2) is 6.73. The fraction of sp³-hybridized carbons (Fsp3) is 0.600. The van der Waals surface area contributed by atoms with E-state index in [4.69, 9.17) is 0 Å². The molecule has 0 bridgehead atoms. The highest BCUT2D eigenvalue weighted by molar-refractivity contribution is 9.10. The summed E-state index contributed by atoms with van der Waals surface area (Å²) in [6.07, 6.45) is 1.22. The van der Waals surface area contributed by atoms with E-state index in [0.717, 1.165) is 19.6 Å². The van der Waals surface area contributed by atoms with Crippen molar-refractivity contribution in [1.82, 2.24) is 10.2 Å². The Kier molecular flexibility index (Phi) is 5.25. The summed E-state index contributed by atoms with van der Waals surface area (Å²) < 4.78 is 1.21. The molecule has 1 unspecified atom stereocenters. The van der Waals surface area contributed by atoms with E-state index in [1.54, 1.807) is 0 Å². The van der Waals surface area contributed by atoms with Crippen molar-refractivity contribution in [2.75, 3.05) is 45.2 Å². The monoisotopic (exact) mass is 325 g/mol. The summed E-state index contributed by atoms with van der Waals surface area (Å²) in [6, 6.07) is 7.21. The van der Waals surface area contributed by atoms with E-state index in [2.05, 4.69) is 63.2 Å². The molecule has 0 spiro atoms. The molecule has 106 valence electrons. The Hall–Kier alpha value is -0.580. The molecule has 1 atom stereocenters. The average Bonchev–Trinajstić information content (AvgIpc) is 2.53. The van der Waals surface area contributed by atoms with Crippen molar-refractivity contribution in [3.05, 3.63) is 28.2 Å². The number of halogens is 1. The molecule has 1 saturated heterocycles. The van der Waals surface area contributed by atoms with Crippen molar-refractivity contribution < 1.29 is 0 Å². The lowest BCUT2D eigenvalue weighted by Gasteiger charge is -2.30. The van der Waals surface area contributed by atoms with Crippen LogP contribution in [0.2, 0.25) is 0 Å². The number of likely N-dealkylation sites (N-methyl/N-ethyl adjacent to an activating group) is 2. The molecule has 1 heterocycles. The molecular formula is C15H24BrN3. The minimum absolute atomic E-state index is 0.570. The van der Waals surface area contributed by atoms with Crippen LogP contribution < -0.4 is 10.2 Å². The highest BCUT2D eigenvalue weighted by Gasteiger charge is 2.22. The largest absolute Gasteiger partial charge is 0.369 e. The van der Waals surface area contributed by atoms with E-state index < -0.39 is 0 Å². The van der Waals surface area contributed by atoms with Crippen molar-refractivity contribution >= 4 is 21.6 Å². The first kappa shape index (κ1) is 14.8. The van der Waals surface area contributed by atoms with Gasteiger partial charge in [0.2, 0.25) is 0 Å². The van der Waals surface area contributed by atoms with Gasteiger partial charge in [-0.2, -0.15) is 0 Å². The Bertz CT molecular complexity index is 422. The normalized spacial score (nSPS) is 21.5. The molecule has 1 aromatic rings. The SMILES string of the molecule is CNCC1CN(c2ccc(C)cc2Br)CCCN1C. The van der Waals surface area contributed by atoms with Gasteiger partial charge in [-0.1, -0.05) is 6.07 Å². The van der Waals surface area contributed by atoms with E-state index >= 15 is 0 Å². The molecule has 1 aromatic carbocycles. The van der Waals surface area contributed by atoms with E-state index in [1.807, 2.05) is 7.05 Å². The number of hydrogen-bond donors (Lipinski definition) is 1. The van der Waals surface area contributed by atoms with Crippen molar-refractivity contribution in [1.29, 1.82) is 0 Å². The van der Waals surface area contributed by atoms with Gasteiger partial charge in [0, 0.05) is 30.1 Å². The fourth-order valence-electron chi connectivity index (χ4n) is 2.72. The Labute approximate surface area is 125 Å². The lowest BCUT2D eigenvalue weighted by molar-refractivity contribution is 0.257. The van der Waals surface area contributed by atoms with Crippen LogP contribution in [0.4, 0.5) is 5.69 Å². The van der Waals surface area contributed by atoms with Gasteiger partial charge < -0.3 is 15.1 Å². The van der Waals surface area contributed by atoms with E-state index in [0.29, 0.717) is 6.04 Å². The van der Waals surface area contributed by atoms with Gasteiger partial charge in [-0.25, -0.2) is 0 Å². The van der Waals surface area contributed by atoms with Gasteiger partial charge in [-0.05, 0) is 67.6 Å². The van der Waals surface area contributed by atoms with Crippen LogP contribution in [0.25, 0.3) is 0 Å². The number of benzene rings is 1. The number of hydrogen-bond acceptors (Lipinski definition) is 3. The predicted molar refractivity (Wildman–Crippen MR) is 86.1 cm³/mol. The average molecular weight is 326 g/mol. The molecule has 1 aliphatic heterocycles. The molecule has 0 aromatic heterocycles. The molecule has 0 aliphatic carbocycles. The van der Waals surface area contributed by atoms with Crippen molar-refractivity contribution in [2.45, 2.75) is 19.4 Å². The summed E-state index contributed by atoms with van der Waals surface area (Å²) in [6.45, 7) is 6.56. The quantitative estimate of drug-likeness (QED) is 0.921. The maximum absolute atomic E-state index is 3.71. The lowest BCUT2D eigenvalue weighted by atomic mass is 10.2. The maximum Gasteiger partial charge on any atom is 0.0511 e. The molecule has 0 amide bonds. The summed E-state index contributed by atoms with van der Waals surface area (Å²) >= 11 is 3.71. The number of anilines is 1. The smallest absolute Gasteiger partial charge is 0.0511 e. The first-order valence-corrected chi connectivity index (χ1v) is 7.77. The highest BCUT2D eigenvalue weighted by Crippen LogP contribution is 2.28. The minimum atomic E-state index is 0.570. The lowest BCUT2D eigenvalue weighted by Crippen LogP contribution is -2.44. The third-order valence-corrected chi connectivity index (χ3v) is 4.51. The molecule has 2 rings (SSSR count). The molecule has 4 heteroatoms. The number of nitrogens with one attached hydrogen (secondary N) is 1. The van der Waals surface area contributed by atoms with Crippen LogP contribution in [0.1, 0.15) is 12.0 Å². The van der Waals surface area contributed by atoms with Crippen molar-refractivity contribution in [3.63, 3.8) is 0 Å². The molecule has 1 fully saturated rings. The second-order valence-corrected chi connectivity index (χ2v) is 6.30. The molecular weight excluding hydrogens is 302 g/mol. The van der Waals surface area contributed by atoms with Crippen LogP contribution in [0.15, 0.2) is 22.7 Å². The first-order chi connectivity index (χ1) is 9.11. The van der Waals surface area contributed by atoms with Gasteiger partial charge in [-0.3, -0.25) is 0 Å². The van der Waals surface area contributed by atoms with Crippen LogP contribution in [-0.4, -0.2) is 51.2 Å². The van der Waals surface area contributed by atoms with Crippen molar-refractivity contribution in [2.24, 2.45) is 0 Å². The predicted octanol–water partition coefficient (Wildman–Crippen LogP) is 2.49. The fourth-order valence-corrected chi connectivity index (χ4v) is 3.47. The number of aryl methyl sites for hydroxylation is 1. The second-order valence-electron chi connectivity index (χ2n) is 5.45. The zero-order valence-corrected chi connectivity index (χ0v) is 13.7. The van der Waals surface area contributed by atoms with Crippen LogP contribution in [0, 0.1) is 6.92 Å². The molecule has 1 aliphatic rings. The van der Waals surface area contributed by atoms with Gasteiger partial charge in [0.25, 0.3) is 0 Å². The Balaban J connectivity index is 2.18. The number of rotatable bonds is 3. The standard InChI is InChI=1S/C15H24BrN3/c1-12-5-6-15(14(16)9-12)19-8-4-7-18(3)13(11-19)10-17-2/h5-6,9,13,17H,4,7-8,10-11H2,1-3H3. The third-order valence-electron chi connectivity index (χ3n) is 3.88. The maximum atomic E-state index is 3.71. The van der Waals surface area contributed by atoms with Gasteiger partial charge in [0.1, 0.15) is 0 Å². The molecule has 3 nitrogen and oxygen atoms in total. The van der Waals surface area contributed by atoms with E-state index in [9.17, 15) is 0 Å². The first-order valence-electron chi connectivity index (χ1n) is 6.97. The van der Waals surface area contributed by atoms with Crippen LogP contribution >= 0.6 is 15.9 Å². The summed E-state index contributed by atoms with van der Waals surface area (Å²) in [5.41, 5.74) is 2.62. The van der Waals surface area contributed by atoms with Crippen LogP contribution in [0.3, 0.4) is 0 Å². The van der Waals surface area contributed by atoms with Gasteiger partial charge in [0.15, 0.2) is 0 Å². The van der Waals surface area contributed by atoms with Gasteiger partial charge >= 0.3 is 0 Å². The van der Waals surface area contributed by atoms with Gasteiger partial charge in [0.05, 0.1) is 5.69 Å². The molecule has 0 radical (unpaired) electrons. The third kappa shape index (κ3) is 3.71. The topological polar surface area (TPSA) is 18.5 Å². The van der Waals surface area contributed by atoms with E-state index in [-0.39, 0.29) is 0 Å². The number of nitrogens with zero attached hydrogens (tertiary/aromatic N) is 2. The van der Waals surface area contributed by atoms with Crippen LogP contribution in [-0.2, 0) is 0 Å². The Morgan fingerprint density at radius 2 is 2.16 bits per heavy atom. The van der Waals surface area contributed by atoms with Crippen molar-refractivity contribution in [3.8, 4) is 0 Å². The van der Waals surface area contributed by atoms with Gasteiger partial charge in [-0.15, -0.1) is 0 Å². The summed E-state index contributed by atoms with van der Waals surface area (Å²) in [5, 5.41) is 3.31. The van der Waals surface area contributed by atoms with Crippen LogP contribution in [0.5, 0.6) is 0 Å². The molecule has 0 saturated carbocycles. The Morgan fingerprint density at radius 3 is 2.84 bits per heavy atom. The summed E-state index contributed by atoms with van der Waals surface area (Å²) in [5.74, 6) is 0. The molecule has 1 N–H and O–H groups in total. The summed E-state index contributed by atoms with van der Waals surface area (Å²) in [4.78, 5) is 4.98. The zero-order chi connectivity index (χ0) is 13.8.